The lowest BCUT2D eigenvalue weighted by molar-refractivity contribution is 0.0935. The molecule has 0 saturated heterocycles. The van der Waals surface area contributed by atoms with E-state index in [1.165, 1.54) is 30.3 Å². The zero-order chi connectivity index (χ0) is 27.5. The molecule has 8 heteroatoms. The number of fused-ring (bicyclic) bond motifs is 1. The van der Waals surface area contributed by atoms with Crippen molar-refractivity contribution in [3.05, 3.63) is 75.7 Å². The highest BCUT2D eigenvalue weighted by molar-refractivity contribution is 6.01. The van der Waals surface area contributed by atoms with Crippen LogP contribution in [0.3, 0.4) is 0 Å². The minimum absolute atomic E-state index is 0.0639. The number of carbonyl (C=O) groups excluding carboxylic acids is 2. The van der Waals surface area contributed by atoms with Gasteiger partial charge in [-0.1, -0.05) is 52.8 Å². The van der Waals surface area contributed by atoms with Crippen molar-refractivity contribution in [3.63, 3.8) is 0 Å². The Morgan fingerprint density at radius 3 is 2.41 bits per heavy atom. The SMILES string of the molecule is CCc1ccc2cc(CC)oc2c1.COC(=O)N/C=C/CCC(C)c1cc(N)c(C(=O)C(C)C)c(=O)o1. The highest BCUT2D eigenvalue weighted by Gasteiger charge is 2.21. The van der Waals surface area contributed by atoms with Gasteiger partial charge < -0.3 is 19.3 Å². The van der Waals surface area contributed by atoms with Gasteiger partial charge >= 0.3 is 11.7 Å². The van der Waals surface area contributed by atoms with Gasteiger partial charge in [-0.05, 0) is 37.0 Å². The van der Waals surface area contributed by atoms with Gasteiger partial charge in [0.2, 0.25) is 0 Å². The zero-order valence-corrected chi connectivity index (χ0v) is 22.6. The lowest BCUT2D eigenvalue weighted by atomic mass is 9.98. The first-order chi connectivity index (χ1) is 17.6. The molecule has 0 aliphatic rings. The molecule has 1 aromatic carbocycles. The van der Waals surface area contributed by atoms with Crippen LogP contribution in [0.15, 0.2) is 56.2 Å². The number of benzene rings is 1. The largest absolute Gasteiger partial charge is 0.461 e. The molecule has 1 atom stereocenters. The highest BCUT2D eigenvalue weighted by atomic mass is 16.5. The average Bonchev–Trinajstić information content (AvgIpc) is 3.30. The molecular weight excluding hydrogens is 472 g/mol. The first kappa shape index (κ1) is 29.4. The maximum Gasteiger partial charge on any atom is 0.410 e. The first-order valence-corrected chi connectivity index (χ1v) is 12.6. The van der Waals surface area contributed by atoms with E-state index in [0.29, 0.717) is 18.6 Å². The number of nitrogens with two attached hydrogens (primary N) is 1. The third-order valence-electron chi connectivity index (χ3n) is 5.92. The van der Waals surface area contributed by atoms with Crippen LogP contribution >= 0.6 is 0 Å². The molecule has 0 aliphatic carbocycles. The number of hydrogen-bond donors (Lipinski definition) is 2. The van der Waals surface area contributed by atoms with Gasteiger partial charge in [0, 0.05) is 35.9 Å². The van der Waals surface area contributed by atoms with Crippen LogP contribution in [0, 0.1) is 5.92 Å². The summed E-state index contributed by atoms with van der Waals surface area (Å²) >= 11 is 0. The maximum absolute atomic E-state index is 12.1. The molecular formula is C29H38N2O6. The summed E-state index contributed by atoms with van der Waals surface area (Å²) in [6, 6.07) is 10.1. The van der Waals surface area contributed by atoms with Crippen molar-refractivity contribution < 1.29 is 23.2 Å². The van der Waals surface area contributed by atoms with Crippen LogP contribution in [0.1, 0.15) is 80.8 Å². The number of aryl methyl sites for hydroxylation is 2. The fourth-order valence-electron chi connectivity index (χ4n) is 3.59. The van der Waals surface area contributed by atoms with Gasteiger partial charge in [0.1, 0.15) is 22.7 Å². The number of rotatable bonds is 9. The van der Waals surface area contributed by atoms with Gasteiger partial charge in [-0.2, -0.15) is 0 Å². The Labute approximate surface area is 217 Å². The Morgan fingerprint density at radius 1 is 1.08 bits per heavy atom. The van der Waals surface area contributed by atoms with Crippen molar-refractivity contribution in [3.8, 4) is 0 Å². The molecule has 0 saturated carbocycles. The second kappa shape index (κ2) is 14.1. The number of allylic oxidation sites excluding steroid dienone is 1. The molecule has 0 radical (unpaired) electrons. The molecule has 2 aromatic heterocycles. The van der Waals surface area contributed by atoms with Crippen LogP contribution in [-0.2, 0) is 17.6 Å². The predicted molar refractivity (Wildman–Crippen MR) is 146 cm³/mol. The van der Waals surface area contributed by atoms with Crippen molar-refractivity contribution in [1.29, 1.82) is 0 Å². The second-order valence-electron chi connectivity index (χ2n) is 9.09. The quantitative estimate of drug-likeness (QED) is 0.320. The monoisotopic (exact) mass is 510 g/mol. The predicted octanol–water partition coefficient (Wildman–Crippen LogP) is 6.37. The summed E-state index contributed by atoms with van der Waals surface area (Å²) in [6.45, 7) is 9.56. The summed E-state index contributed by atoms with van der Waals surface area (Å²) in [7, 11) is 1.28. The Kier molecular flexibility index (Phi) is 11.2. The Bertz CT molecular complexity index is 1280. The molecule has 37 heavy (non-hydrogen) atoms. The maximum atomic E-state index is 12.1. The number of alkyl carbamates (subject to hydrolysis) is 1. The molecule has 0 aliphatic heterocycles. The number of furan rings is 1. The molecule has 3 rings (SSSR count). The van der Waals surface area contributed by atoms with E-state index in [1.807, 2.05) is 6.92 Å². The van der Waals surface area contributed by atoms with E-state index < -0.39 is 11.7 Å². The van der Waals surface area contributed by atoms with Crippen LogP contribution in [0.5, 0.6) is 0 Å². The number of carbonyl (C=O) groups is 2. The number of nitrogens with one attached hydrogen (secondary N) is 1. The number of hydrogen-bond acceptors (Lipinski definition) is 7. The van der Waals surface area contributed by atoms with Crippen molar-refractivity contribution in [1.82, 2.24) is 5.32 Å². The minimum Gasteiger partial charge on any atom is -0.461 e. The highest BCUT2D eigenvalue weighted by Crippen LogP contribution is 2.24. The molecule has 200 valence electrons. The summed E-state index contributed by atoms with van der Waals surface area (Å²) < 4.78 is 15.4. The average molecular weight is 511 g/mol. The van der Waals surface area contributed by atoms with Crippen LogP contribution < -0.4 is 16.7 Å². The molecule has 1 amide bonds. The number of methoxy groups -OCH3 is 1. The molecule has 0 spiro atoms. The summed E-state index contributed by atoms with van der Waals surface area (Å²) in [5, 5.41) is 3.64. The van der Waals surface area contributed by atoms with Gasteiger partial charge in [0.15, 0.2) is 5.78 Å². The van der Waals surface area contributed by atoms with Crippen LogP contribution in [0.2, 0.25) is 0 Å². The van der Waals surface area contributed by atoms with Crippen LogP contribution in [0.25, 0.3) is 11.0 Å². The molecule has 8 nitrogen and oxygen atoms in total. The van der Waals surface area contributed by atoms with Crippen LogP contribution in [0.4, 0.5) is 10.5 Å². The number of ether oxygens (including phenoxy) is 1. The smallest absolute Gasteiger partial charge is 0.410 e. The Hall–Kier alpha value is -3.81. The summed E-state index contributed by atoms with van der Waals surface area (Å²) in [4.78, 5) is 34.9. The zero-order valence-electron chi connectivity index (χ0n) is 22.6. The summed E-state index contributed by atoms with van der Waals surface area (Å²) in [5.74, 6) is 0.796. The molecule has 3 N–H and O–H groups in total. The third-order valence-corrected chi connectivity index (χ3v) is 5.92. The number of Topliss-reactive ketones (excluding diaryl/α,β-unsaturated/α-hetero) is 1. The Morgan fingerprint density at radius 2 is 1.81 bits per heavy atom. The van der Waals surface area contributed by atoms with Gasteiger partial charge in [0.25, 0.3) is 0 Å². The van der Waals surface area contributed by atoms with E-state index in [9.17, 15) is 14.4 Å². The molecule has 0 bridgehead atoms. The van der Waals surface area contributed by atoms with Gasteiger partial charge in [-0.3, -0.25) is 10.1 Å². The van der Waals surface area contributed by atoms with Crippen molar-refractivity contribution in [2.45, 2.75) is 66.2 Å². The molecule has 2 heterocycles. The van der Waals surface area contributed by atoms with Crippen molar-refractivity contribution >= 4 is 28.5 Å². The second-order valence-corrected chi connectivity index (χ2v) is 9.09. The van der Waals surface area contributed by atoms with E-state index in [1.54, 1.807) is 19.9 Å². The first-order valence-electron chi connectivity index (χ1n) is 12.6. The van der Waals surface area contributed by atoms with E-state index in [-0.39, 0.29) is 28.9 Å². The number of anilines is 1. The van der Waals surface area contributed by atoms with E-state index in [2.05, 4.69) is 48.2 Å². The topological polar surface area (TPSA) is 125 Å². The lowest BCUT2D eigenvalue weighted by Gasteiger charge is -2.12. The lowest BCUT2D eigenvalue weighted by Crippen LogP contribution is -2.21. The Balaban J connectivity index is 0.000000308. The van der Waals surface area contributed by atoms with E-state index in [0.717, 1.165) is 24.2 Å². The number of ketones is 1. The molecule has 3 aromatic rings. The van der Waals surface area contributed by atoms with Gasteiger partial charge in [0.05, 0.1) is 12.8 Å². The number of amides is 1. The third kappa shape index (κ3) is 8.37. The fraction of sp³-hybridized carbons (Fsp3) is 0.414. The minimum atomic E-state index is -0.696. The van der Waals surface area contributed by atoms with Gasteiger partial charge in [-0.15, -0.1) is 0 Å². The summed E-state index contributed by atoms with van der Waals surface area (Å²) in [6.07, 6.45) is 6.09. The fourth-order valence-corrected chi connectivity index (χ4v) is 3.59. The van der Waals surface area contributed by atoms with Crippen molar-refractivity contribution in [2.75, 3.05) is 12.8 Å². The standard InChI is InChI=1S/C17H24N2O5.C12H14O/c1-10(2)15(20)14-12(18)9-13(24-16(14)21)11(3)7-5-6-8-19-17(22)23-4;1-3-9-5-6-10-8-11(4-2)13-12(10)7-9/h6,8-11H,5,7,18H2,1-4H3,(H,19,22);5-8H,3-4H2,1-2H3/b8-6+;. The van der Waals surface area contributed by atoms with Crippen molar-refractivity contribution in [2.24, 2.45) is 5.92 Å². The van der Waals surface area contributed by atoms with E-state index >= 15 is 0 Å². The molecule has 0 fully saturated rings. The van der Waals surface area contributed by atoms with Gasteiger partial charge in [-0.25, -0.2) is 9.59 Å². The van der Waals surface area contributed by atoms with E-state index in [4.69, 9.17) is 14.6 Å². The number of nitrogen functional groups attached to an aromatic ring is 1. The van der Waals surface area contributed by atoms with Crippen LogP contribution in [-0.4, -0.2) is 19.0 Å². The normalized spacial score (nSPS) is 11.9. The summed E-state index contributed by atoms with van der Waals surface area (Å²) in [5.41, 5.74) is 7.60. The molecule has 1 unspecified atom stereocenters.